The minimum atomic E-state index is 0.578. The molecule has 0 amide bonds. The van der Waals surface area contributed by atoms with E-state index in [-0.39, 0.29) is 0 Å². The number of pyridine rings is 1. The maximum Gasteiger partial charge on any atom is 0.156 e. The molecule has 1 fully saturated rings. The number of terminal acetylenes is 1. The van der Waals surface area contributed by atoms with Crippen LogP contribution in [-0.4, -0.2) is 28.0 Å². The molecular formula is C20H18N4. The van der Waals surface area contributed by atoms with E-state index in [1.807, 2.05) is 24.4 Å². The van der Waals surface area contributed by atoms with Crippen LogP contribution in [0.5, 0.6) is 0 Å². The zero-order valence-electron chi connectivity index (χ0n) is 13.4. The molecule has 4 nitrogen and oxygen atoms in total. The van der Waals surface area contributed by atoms with Gasteiger partial charge < -0.3 is 4.90 Å². The highest BCUT2D eigenvalue weighted by molar-refractivity contribution is 5.85. The standard InChI is InChI=1S/C20H18N4/c1-2-15-3-5-16(6-4-15)17-8-13-24(14-9-17)20-19-18(7-10-23-20)21-11-12-22-19/h1,3-7,10-12,17H,8-9,13-14H2. The number of nitrogens with zero attached hydrogens (tertiary/aromatic N) is 4. The highest BCUT2D eigenvalue weighted by Gasteiger charge is 2.23. The second kappa shape index (κ2) is 6.29. The van der Waals surface area contributed by atoms with Crippen LogP contribution in [0.2, 0.25) is 0 Å². The van der Waals surface area contributed by atoms with Crippen molar-refractivity contribution in [1.29, 1.82) is 0 Å². The molecule has 118 valence electrons. The molecule has 0 N–H and O–H groups in total. The summed E-state index contributed by atoms with van der Waals surface area (Å²) in [7, 11) is 0. The number of anilines is 1. The summed E-state index contributed by atoms with van der Waals surface area (Å²) in [6.07, 6.45) is 12.9. The molecule has 4 heteroatoms. The first-order valence-electron chi connectivity index (χ1n) is 8.22. The molecule has 0 unspecified atom stereocenters. The molecule has 4 rings (SSSR count). The zero-order valence-corrected chi connectivity index (χ0v) is 13.4. The van der Waals surface area contributed by atoms with Crippen LogP contribution in [0.25, 0.3) is 11.0 Å². The Kier molecular flexibility index (Phi) is 3.84. The Labute approximate surface area is 141 Å². The third-order valence-corrected chi connectivity index (χ3v) is 4.71. The number of hydrogen-bond donors (Lipinski definition) is 0. The Morgan fingerprint density at radius 1 is 0.917 bits per heavy atom. The Bertz CT molecular complexity index is 882. The maximum atomic E-state index is 5.43. The lowest BCUT2D eigenvalue weighted by Gasteiger charge is -2.33. The highest BCUT2D eigenvalue weighted by atomic mass is 15.2. The third kappa shape index (κ3) is 2.69. The fourth-order valence-corrected chi connectivity index (χ4v) is 3.39. The van der Waals surface area contributed by atoms with Gasteiger partial charge in [0.2, 0.25) is 0 Å². The van der Waals surface area contributed by atoms with Gasteiger partial charge in [-0.2, -0.15) is 0 Å². The number of fused-ring (bicyclic) bond motifs is 1. The van der Waals surface area contributed by atoms with Crippen molar-refractivity contribution in [3.05, 3.63) is 60.0 Å². The first-order chi connectivity index (χ1) is 11.8. The molecule has 0 spiro atoms. The lowest BCUT2D eigenvalue weighted by Crippen LogP contribution is -2.33. The van der Waals surface area contributed by atoms with Crippen molar-refractivity contribution in [3.63, 3.8) is 0 Å². The van der Waals surface area contributed by atoms with E-state index < -0.39 is 0 Å². The van der Waals surface area contributed by atoms with E-state index in [2.05, 4.69) is 37.9 Å². The number of aromatic nitrogens is 3. The Balaban J connectivity index is 1.52. The van der Waals surface area contributed by atoms with Crippen LogP contribution >= 0.6 is 0 Å². The van der Waals surface area contributed by atoms with Crippen molar-refractivity contribution < 1.29 is 0 Å². The maximum absolute atomic E-state index is 5.43. The van der Waals surface area contributed by atoms with Crippen molar-refractivity contribution in [2.75, 3.05) is 18.0 Å². The molecular weight excluding hydrogens is 296 g/mol. The molecule has 3 aromatic rings. The number of piperidine rings is 1. The van der Waals surface area contributed by atoms with Crippen molar-refractivity contribution in [2.24, 2.45) is 0 Å². The van der Waals surface area contributed by atoms with E-state index in [0.717, 1.165) is 48.3 Å². The Morgan fingerprint density at radius 3 is 2.42 bits per heavy atom. The van der Waals surface area contributed by atoms with Gasteiger partial charge in [0.05, 0.1) is 5.52 Å². The van der Waals surface area contributed by atoms with Gasteiger partial charge in [0, 0.05) is 37.2 Å². The van der Waals surface area contributed by atoms with Crippen LogP contribution in [-0.2, 0) is 0 Å². The molecule has 0 aliphatic carbocycles. The predicted molar refractivity (Wildman–Crippen MR) is 95.9 cm³/mol. The van der Waals surface area contributed by atoms with Crippen molar-refractivity contribution in [2.45, 2.75) is 18.8 Å². The van der Waals surface area contributed by atoms with Gasteiger partial charge >= 0.3 is 0 Å². The Morgan fingerprint density at radius 2 is 1.67 bits per heavy atom. The minimum absolute atomic E-state index is 0.578. The second-order valence-electron chi connectivity index (χ2n) is 6.09. The van der Waals surface area contributed by atoms with Gasteiger partial charge in [-0.25, -0.2) is 9.97 Å². The highest BCUT2D eigenvalue weighted by Crippen LogP contribution is 2.31. The average Bonchev–Trinajstić information content (AvgIpc) is 2.68. The van der Waals surface area contributed by atoms with Gasteiger partial charge in [0.1, 0.15) is 5.52 Å². The SMILES string of the molecule is C#Cc1ccc(C2CCN(c3nccc4nccnc34)CC2)cc1. The van der Waals surface area contributed by atoms with Crippen LogP contribution in [0, 0.1) is 12.3 Å². The van der Waals surface area contributed by atoms with Gasteiger partial charge in [0.15, 0.2) is 5.82 Å². The third-order valence-electron chi connectivity index (χ3n) is 4.71. The molecule has 0 bridgehead atoms. The minimum Gasteiger partial charge on any atom is -0.355 e. The fraction of sp³-hybridized carbons (Fsp3) is 0.250. The summed E-state index contributed by atoms with van der Waals surface area (Å²) >= 11 is 0. The summed E-state index contributed by atoms with van der Waals surface area (Å²) in [6, 6.07) is 10.3. The van der Waals surface area contributed by atoms with Crippen LogP contribution in [0.3, 0.4) is 0 Å². The van der Waals surface area contributed by atoms with Crippen molar-refractivity contribution in [1.82, 2.24) is 15.0 Å². The van der Waals surface area contributed by atoms with E-state index in [0.29, 0.717) is 5.92 Å². The predicted octanol–water partition coefficient (Wildman–Crippen LogP) is 3.39. The lowest BCUT2D eigenvalue weighted by molar-refractivity contribution is 0.503. The summed E-state index contributed by atoms with van der Waals surface area (Å²) in [6.45, 7) is 1.95. The number of benzene rings is 1. The first kappa shape index (κ1) is 14.6. The first-order valence-corrected chi connectivity index (χ1v) is 8.22. The summed E-state index contributed by atoms with van der Waals surface area (Å²) in [5.41, 5.74) is 4.10. The zero-order chi connectivity index (χ0) is 16.4. The Hall–Kier alpha value is -2.93. The van der Waals surface area contributed by atoms with Gasteiger partial charge in [-0.3, -0.25) is 4.98 Å². The van der Waals surface area contributed by atoms with E-state index in [1.165, 1.54) is 5.56 Å². The fourth-order valence-electron chi connectivity index (χ4n) is 3.39. The van der Waals surface area contributed by atoms with Crippen molar-refractivity contribution in [3.8, 4) is 12.3 Å². The van der Waals surface area contributed by atoms with Crippen LogP contribution < -0.4 is 4.90 Å². The van der Waals surface area contributed by atoms with E-state index in [9.17, 15) is 0 Å². The van der Waals surface area contributed by atoms with E-state index >= 15 is 0 Å². The summed E-state index contributed by atoms with van der Waals surface area (Å²) in [5.74, 6) is 4.20. The number of hydrogen-bond acceptors (Lipinski definition) is 4. The van der Waals surface area contributed by atoms with Crippen LogP contribution in [0.1, 0.15) is 29.9 Å². The largest absolute Gasteiger partial charge is 0.355 e. The van der Waals surface area contributed by atoms with Crippen LogP contribution in [0.4, 0.5) is 5.82 Å². The van der Waals surface area contributed by atoms with Gasteiger partial charge in [-0.05, 0) is 42.5 Å². The smallest absolute Gasteiger partial charge is 0.156 e. The van der Waals surface area contributed by atoms with Gasteiger partial charge in [-0.15, -0.1) is 6.42 Å². The molecule has 1 aliphatic heterocycles. The van der Waals surface area contributed by atoms with Gasteiger partial charge in [-0.1, -0.05) is 18.1 Å². The molecule has 1 aromatic carbocycles. The lowest BCUT2D eigenvalue weighted by atomic mass is 9.89. The normalized spacial score (nSPS) is 15.4. The molecule has 0 atom stereocenters. The topological polar surface area (TPSA) is 41.9 Å². The second-order valence-corrected chi connectivity index (χ2v) is 6.09. The molecule has 0 saturated carbocycles. The monoisotopic (exact) mass is 314 g/mol. The summed E-state index contributed by atoms with van der Waals surface area (Å²) in [4.78, 5) is 15.7. The van der Waals surface area contributed by atoms with Crippen LogP contribution in [0.15, 0.2) is 48.9 Å². The molecule has 1 saturated heterocycles. The number of rotatable bonds is 2. The molecule has 2 aromatic heterocycles. The molecule has 0 radical (unpaired) electrons. The van der Waals surface area contributed by atoms with Crippen molar-refractivity contribution >= 4 is 16.9 Å². The quantitative estimate of drug-likeness (QED) is 0.680. The molecule has 1 aliphatic rings. The van der Waals surface area contributed by atoms with E-state index in [4.69, 9.17) is 6.42 Å². The molecule has 24 heavy (non-hydrogen) atoms. The summed E-state index contributed by atoms with van der Waals surface area (Å²) in [5, 5.41) is 0. The van der Waals surface area contributed by atoms with E-state index in [1.54, 1.807) is 12.4 Å². The summed E-state index contributed by atoms with van der Waals surface area (Å²) < 4.78 is 0. The van der Waals surface area contributed by atoms with Gasteiger partial charge in [0.25, 0.3) is 0 Å². The average molecular weight is 314 g/mol. The molecule has 3 heterocycles.